The van der Waals surface area contributed by atoms with Crippen LogP contribution in [0.3, 0.4) is 0 Å². The number of likely N-dealkylation sites (tertiary alicyclic amines) is 1. The first-order valence-electron chi connectivity index (χ1n) is 27.2. The molecule has 1 saturated heterocycles. The smallest absolute Gasteiger partial charge is 0.236 e. The third-order valence-electron chi connectivity index (χ3n) is 16.0. The van der Waals surface area contributed by atoms with Crippen molar-refractivity contribution in [1.82, 2.24) is 48.8 Å². The maximum Gasteiger partial charge on any atom is 0.236 e. The minimum absolute atomic E-state index is 0.0802. The molecule has 76 heavy (non-hydrogen) atoms. The van der Waals surface area contributed by atoms with Crippen LogP contribution in [-0.2, 0) is 18.9 Å². The summed E-state index contributed by atoms with van der Waals surface area (Å²) in [5.74, 6) is 1.21. The lowest BCUT2D eigenvalue weighted by Crippen LogP contribution is -2.44. The number of hydrogen-bond donors (Lipinski definition) is 2. The molecule has 1 amide bonds. The lowest BCUT2D eigenvalue weighted by molar-refractivity contribution is -0.132. The fourth-order valence-electron chi connectivity index (χ4n) is 11.8. The predicted octanol–water partition coefficient (Wildman–Crippen LogP) is 12.8. The van der Waals surface area contributed by atoms with Crippen LogP contribution >= 0.6 is 0 Å². The van der Waals surface area contributed by atoms with E-state index in [0.717, 1.165) is 94.7 Å². The summed E-state index contributed by atoms with van der Waals surface area (Å²) in [6.07, 6.45) is 27.4. The summed E-state index contributed by atoms with van der Waals surface area (Å²) in [5.41, 5.74) is 14.9. The van der Waals surface area contributed by atoms with Crippen LogP contribution in [0.5, 0.6) is 0 Å². The van der Waals surface area contributed by atoms with Crippen LogP contribution in [0.15, 0.2) is 159 Å². The number of benzene rings is 4. The molecular weight excluding hydrogens is 941 g/mol. The van der Waals surface area contributed by atoms with E-state index in [1.807, 2.05) is 55.7 Å². The monoisotopic (exact) mass is 1010 g/mol. The van der Waals surface area contributed by atoms with Crippen molar-refractivity contribution < 1.29 is 4.79 Å². The van der Waals surface area contributed by atoms with E-state index in [1.54, 1.807) is 24.8 Å². The molecule has 4 aromatic carbocycles. The summed E-state index contributed by atoms with van der Waals surface area (Å²) in [7, 11) is 4.16. The Balaban J connectivity index is 0.000000166. The molecule has 13 heteroatoms. The van der Waals surface area contributed by atoms with E-state index in [9.17, 15) is 4.79 Å². The summed E-state index contributed by atoms with van der Waals surface area (Å²) < 4.78 is 4.31. The molecule has 1 aliphatic heterocycles. The number of nitrogens with one attached hydrogen (secondary N) is 2. The van der Waals surface area contributed by atoms with Crippen LogP contribution in [0.2, 0.25) is 0 Å². The highest BCUT2D eigenvalue weighted by atomic mass is 16.2. The summed E-state index contributed by atoms with van der Waals surface area (Å²) in [5, 5.41) is 10.3. The van der Waals surface area contributed by atoms with E-state index < -0.39 is 0 Å². The molecule has 7 heterocycles. The SMILES string of the molecule is CCN(CC)C(=O)CN1CCC(C(Nc2cc(-c3ccc4ccn(C)c4c3)c3nccnc3c2)c2cccnc2)CC1.Cn1ccc2ccc(-c3cc(NC(c4cccnc4)C4CCCCC4)cc4nccnc34)cc21. The molecule has 12 rings (SSSR count). The van der Waals surface area contributed by atoms with Crippen molar-refractivity contribution in [2.24, 2.45) is 25.9 Å². The van der Waals surface area contributed by atoms with E-state index in [2.05, 4.69) is 151 Å². The first-order chi connectivity index (χ1) is 37.3. The number of hydrogen-bond acceptors (Lipinski definition) is 10. The van der Waals surface area contributed by atoms with Crippen molar-refractivity contribution in [1.29, 1.82) is 0 Å². The van der Waals surface area contributed by atoms with Gasteiger partial charge >= 0.3 is 0 Å². The summed E-state index contributed by atoms with van der Waals surface area (Å²) in [4.78, 5) is 44.6. The second-order valence-corrected chi connectivity index (χ2v) is 20.7. The Labute approximate surface area is 445 Å². The number of likely N-dealkylation sites (N-methyl/N-ethyl adjacent to an activating group) is 1. The van der Waals surface area contributed by atoms with E-state index in [1.165, 1.54) is 65.0 Å². The lowest BCUT2D eigenvalue weighted by atomic mass is 9.81. The molecule has 0 spiro atoms. The van der Waals surface area contributed by atoms with Gasteiger partial charge in [0.15, 0.2) is 0 Å². The second kappa shape index (κ2) is 22.8. The van der Waals surface area contributed by atoms with Crippen molar-refractivity contribution in [2.75, 3.05) is 43.4 Å². The molecule has 2 aliphatic rings. The molecule has 0 bridgehead atoms. The van der Waals surface area contributed by atoms with Gasteiger partial charge in [0.25, 0.3) is 0 Å². The van der Waals surface area contributed by atoms with Crippen LogP contribution in [-0.4, -0.2) is 87.5 Å². The third-order valence-corrected chi connectivity index (χ3v) is 16.0. The number of amides is 1. The van der Waals surface area contributed by atoms with E-state index in [4.69, 9.17) is 15.0 Å². The van der Waals surface area contributed by atoms with Crippen LogP contribution in [0.1, 0.15) is 82.0 Å². The van der Waals surface area contributed by atoms with Crippen LogP contribution in [0.25, 0.3) is 66.1 Å². The van der Waals surface area contributed by atoms with Crippen molar-refractivity contribution in [3.63, 3.8) is 0 Å². The zero-order valence-electron chi connectivity index (χ0n) is 44.2. The van der Waals surface area contributed by atoms with Gasteiger partial charge in [-0.25, -0.2) is 0 Å². The van der Waals surface area contributed by atoms with Gasteiger partial charge in [0.1, 0.15) is 0 Å². The zero-order valence-corrected chi connectivity index (χ0v) is 44.2. The second-order valence-electron chi connectivity index (χ2n) is 20.7. The Morgan fingerprint density at radius 2 is 1.07 bits per heavy atom. The molecule has 0 radical (unpaired) electrons. The number of aromatic nitrogens is 8. The van der Waals surface area contributed by atoms with E-state index in [-0.39, 0.29) is 18.0 Å². The molecular formula is C63H68N12O. The molecule has 386 valence electrons. The van der Waals surface area contributed by atoms with Crippen LogP contribution in [0.4, 0.5) is 11.4 Å². The highest BCUT2D eigenvalue weighted by Gasteiger charge is 2.30. The average molecular weight is 1010 g/mol. The lowest BCUT2D eigenvalue weighted by Gasteiger charge is -2.37. The first-order valence-corrected chi connectivity index (χ1v) is 27.2. The van der Waals surface area contributed by atoms with E-state index >= 15 is 0 Å². The van der Waals surface area contributed by atoms with Gasteiger partial charge in [-0.1, -0.05) is 55.7 Å². The number of fused-ring (bicyclic) bond motifs is 4. The Bertz CT molecular complexity index is 3580. The molecule has 6 aromatic heterocycles. The summed E-state index contributed by atoms with van der Waals surface area (Å²) in [6, 6.07) is 34.9. The highest BCUT2D eigenvalue weighted by molar-refractivity contribution is 5.98. The van der Waals surface area contributed by atoms with Crippen LogP contribution in [0, 0.1) is 11.8 Å². The molecule has 2 N–H and O–H groups in total. The Hall–Kier alpha value is -8.03. The molecule has 1 saturated carbocycles. The van der Waals surface area contributed by atoms with Gasteiger partial charge in [0.05, 0.1) is 40.7 Å². The van der Waals surface area contributed by atoms with Gasteiger partial charge in [-0.05, 0) is 158 Å². The number of carbonyl (C=O) groups excluding carboxylic acids is 1. The maximum absolute atomic E-state index is 12.7. The van der Waals surface area contributed by atoms with Crippen molar-refractivity contribution in [3.05, 3.63) is 170 Å². The Kier molecular flexibility index (Phi) is 15.1. The average Bonchev–Trinajstić information content (AvgIpc) is 4.04. The predicted molar refractivity (Wildman–Crippen MR) is 308 cm³/mol. The van der Waals surface area contributed by atoms with Crippen molar-refractivity contribution in [2.45, 2.75) is 70.9 Å². The number of rotatable bonds is 14. The molecule has 2 fully saturated rings. The first kappa shape index (κ1) is 50.1. The maximum atomic E-state index is 12.7. The fraction of sp³-hybridized carbons (Fsp3) is 0.317. The quantitative estimate of drug-likeness (QED) is 0.108. The molecule has 2 atom stereocenters. The highest BCUT2D eigenvalue weighted by Crippen LogP contribution is 2.40. The topological polar surface area (TPSA) is 135 Å². The molecule has 13 nitrogen and oxygen atoms in total. The molecule has 1 aliphatic carbocycles. The molecule has 10 aromatic rings. The normalized spacial score (nSPS) is 15.4. The standard InChI is InChI=1S/C34H39N7O.C29H29N5/c1-4-41(5-2)32(42)23-40-17-11-25(12-18-40)33(27-7-6-13-35-22-27)38-28-20-29(34-30(21-28)36-14-15-37-34)26-9-8-24-10-16-39(3)31(24)19-26;1-34-15-11-20-9-10-22(16-27(20)34)25-17-24(18-26-29(25)32-14-13-31-26)33-28(21-6-3-2-4-7-21)23-8-5-12-30-19-23/h6-10,13-16,19-22,25,33,38H,4-5,11-12,17-18,23H2,1-3H3;5,8-19,21,28,33H,2-4,6-7H2,1H3. The van der Waals surface area contributed by atoms with Crippen molar-refractivity contribution in [3.8, 4) is 22.3 Å². The van der Waals surface area contributed by atoms with Gasteiger partial charge < -0.3 is 24.7 Å². The van der Waals surface area contributed by atoms with Gasteiger partial charge in [0, 0.05) is 123 Å². The number of anilines is 2. The Morgan fingerprint density at radius 1 is 0.579 bits per heavy atom. The number of aryl methyl sites for hydroxylation is 2. The summed E-state index contributed by atoms with van der Waals surface area (Å²) >= 11 is 0. The van der Waals surface area contributed by atoms with Gasteiger partial charge in [0.2, 0.25) is 5.91 Å². The number of nitrogens with zero attached hydrogens (tertiary/aromatic N) is 10. The largest absolute Gasteiger partial charge is 0.378 e. The third kappa shape index (κ3) is 10.9. The summed E-state index contributed by atoms with van der Waals surface area (Å²) in [6.45, 7) is 7.91. The minimum atomic E-state index is 0.0802. The van der Waals surface area contributed by atoms with Crippen molar-refractivity contribution >= 4 is 61.2 Å². The van der Waals surface area contributed by atoms with Gasteiger partial charge in [-0.15, -0.1) is 0 Å². The fourth-order valence-corrected chi connectivity index (χ4v) is 11.8. The van der Waals surface area contributed by atoms with E-state index in [0.29, 0.717) is 18.4 Å². The number of pyridine rings is 2. The van der Waals surface area contributed by atoms with Gasteiger partial charge in [-0.2, -0.15) is 0 Å². The Morgan fingerprint density at radius 3 is 1.54 bits per heavy atom. The van der Waals surface area contributed by atoms with Crippen LogP contribution < -0.4 is 10.6 Å². The number of piperidine rings is 1. The zero-order chi connectivity index (χ0) is 52.0. The number of carbonyl (C=O) groups is 1. The molecule has 2 unspecified atom stereocenters. The van der Waals surface area contributed by atoms with Gasteiger partial charge in [-0.3, -0.25) is 39.6 Å². The minimum Gasteiger partial charge on any atom is -0.378 e.